The monoisotopic (exact) mass is 388 g/mol. The molecule has 3 rings (SSSR count). The van der Waals surface area contributed by atoms with Crippen molar-refractivity contribution < 1.29 is 14.0 Å². The van der Waals surface area contributed by atoms with E-state index in [0.29, 0.717) is 24.5 Å². The quantitative estimate of drug-likeness (QED) is 0.722. The van der Waals surface area contributed by atoms with Crippen LogP contribution < -0.4 is 0 Å². The summed E-state index contributed by atoms with van der Waals surface area (Å²) in [4.78, 5) is 20.0. The SMILES string of the molecule is CC(C)C(=O)N(Cc1cccc(Cl)c1)C[C@H]1CC(c2ccc(F)cc2)=NO1. The van der Waals surface area contributed by atoms with Gasteiger partial charge in [0.1, 0.15) is 5.82 Å². The fourth-order valence-electron chi connectivity index (χ4n) is 3.04. The summed E-state index contributed by atoms with van der Waals surface area (Å²) < 4.78 is 13.1. The van der Waals surface area contributed by atoms with Crippen LogP contribution in [0.5, 0.6) is 0 Å². The minimum Gasteiger partial charge on any atom is -0.390 e. The molecule has 27 heavy (non-hydrogen) atoms. The Morgan fingerprint density at radius 1 is 1.30 bits per heavy atom. The standard InChI is InChI=1S/C21H22ClFN2O2/c1-14(2)21(26)25(12-15-4-3-5-17(22)10-15)13-19-11-20(24-27-19)16-6-8-18(23)9-7-16/h3-10,14,19H,11-13H2,1-2H3/t19-/m1/s1. The number of carbonyl (C=O) groups is 1. The summed E-state index contributed by atoms with van der Waals surface area (Å²) in [5.74, 6) is -0.359. The van der Waals surface area contributed by atoms with Crippen LogP contribution in [0.25, 0.3) is 0 Å². The van der Waals surface area contributed by atoms with Gasteiger partial charge in [-0.05, 0) is 35.4 Å². The highest BCUT2D eigenvalue weighted by atomic mass is 35.5. The largest absolute Gasteiger partial charge is 0.390 e. The van der Waals surface area contributed by atoms with E-state index in [-0.39, 0.29) is 23.7 Å². The van der Waals surface area contributed by atoms with Crippen LogP contribution in [0.2, 0.25) is 5.02 Å². The van der Waals surface area contributed by atoms with Crippen LogP contribution in [-0.4, -0.2) is 29.2 Å². The third-order valence-electron chi connectivity index (χ3n) is 4.40. The van der Waals surface area contributed by atoms with E-state index in [1.807, 2.05) is 38.1 Å². The Morgan fingerprint density at radius 3 is 2.70 bits per heavy atom. The summed E-state index contributed by atoms with van der Waals surface area (Å²) in [7, 11) is 0. The Balaban J connectivity index is 1.68. The average molecular weight is 389 g/mol. The van der Waals surface area contributed by atoms with Crippen LogP contribution in [-0.2, 0) is 16.2 Å². The predicted molar refractivity (Wildman–Crippen MR) is 104 cm³/mol. The lowest BCUT2D eigenvalue weighted by Crippen LogP contribution is -2.39. The minimum atomic E-state index is -0.287. The molecule has 0 unspecified atom stereocenters. The maximum Gasteiger partial charge on any atom is 0.225 e. The van der Waals surface area contributed by atoms with E-state index >= 15 is 0 Å². The molecule has 4 nitrogen and oxygen atoms in total. The maximum absolute atomic E-state index is 13.1. The number of oxime groups is 1. The van der Waals surface area contributed by atoms with Gasteiger partial charge in [0.2, 0.25) is 5.91 Å². The Morgan fingerprint density at radius 2 is 2.04 bits per heavy atom. The van der Waals surface area contributed by atoms with E-state index < -0.39 is 0 Å². The number of halogens is 2. The average Bonchev–Trinajstić information content (AvgIpc) is 3.09. The number of benzene rings is 2. The lowest BCUT2D eigenvalue weighted by atomic mass is 10.0. The molecule has 0 N–H and O–H groups in total. The number of rotatable bonds is 6. The molecule has 1 aliphatic rings. The highest BCUT2D eigenvalue weighted by Crippen LogP contribution is 2.20. The second-order valence-electron chi connectivity index (χ2n) is 6.98. The summed E-state index contributed by atoms with van der Waals surface area (Å²) >= 11 is 6.07. The molecule has 2 aromatic carbocycles. The Kier molecular flexibility index (Phi) is 6.11. The van der Waals surface area contributed by atoms with Crippen molar-refractivity contribution in [2.24, 2.45) is 11.1 Å². The van der Waals surface area contributed by atoms with Gasteiger partial charge >= 0.3 is 0 Å². The van der Waals surface area contributed by atoms with Crippen molar-refractivity contribution in [1.29, 1.82) is 0 Å². The first kappa shape index (κ1) is 19.4. The van der Waals surface area contributed by atoms with E-state index in [2.05, 4.69) is 5.16 Å². The molecule has 0 aromatic heterocycles. The molecule has 1 heterocycles. The first-order valence-corrected chi connectivity index (χ1v) is 9.32. The van der Waals surface area contributed by atoms with Crippen LogP contribution in [0.15, 0.2) is 53.7 Å². The molecule has 0 bridgehead atoms. The molecule has 0 spiro atoms. The van der Waals surface area contributed by atoms with E-state index in [9.17, 15) is 9.18 Å². The Labute approximate surface area is 163 Å². The molecule has 2 aromatic rings. The highest BCUT2D eigenvalue weighted by Gasteiger charge is 2.27. The van der Waals surface area contributed by atoms with Crippen molar-refractivity contribution in [3.63, 3.8) is 0 Å². The van der Waals surface area contributed by atoms with Crippen LogP contribution in [0.4, 0.5) is 4.39 Å². The lowest BCUT2D eigenvalue weighted by molar-refractivity contribution is -0.136. The molecule has 0 saturated carbocycles. The highest BCUT2D eigenvalue weighted by molar-refractivity contribution is 6.30. The van der Waals surface area contributed by atoms with Gasteiger partial charge in [-0.25, -0.2) is 4.39 Å². The fraction of sp³-hybridized carbons (Fsp3) is 0.333. The summed E-state index contributed by atoms with van der Waals surface area (Å²) in [6.07, 6.45) is 0.343. The molecule has 0 saturated heterocycles. The third kappa shape index (κ3) is 5.07. The van der Waals surface area contributed by atoms with Crippen molar-refractivity contribution in [2.75, 3.05) is 6.54 Å². The van der Waals surface area contributed by atoms with Crippen LogP contribution >= 0.6 is 11.6 Å². The molecule has 1 aliphatic heterocycles. The second-order valence-corrected chi connectivity index (χ2v) is 7.42. The zero-order chi connectivity index (χ0) is 19.4. The first-order valence-electron chi connectivity index (χ1n) is 8.94. The molecule has 142 valence electrons. The van der Waals surface area contributed by atoms with Gasteiger partial charge in [-0.15, -0.1) is 0 Å². The lowest BCUT2D eigenvalue weighted by Gasteiger charge is -2.26. The summed E-state index contributed by atoms with van der Waals surface area (Å²) in [6.45, 7) is 4.65. The molecule has 1 amide bonds. The van der Waals surface area contributed by atoms with E-state index in [1.54, 1.807) is 17.0 Å². The zero-order valence-corrected chi connectivity index (χ0v) is 16.1. The van der Waals surface area contributed by atoms with Crippen LogP contribution in [0.1, 0.15) is 31.4 Å². The van der Waals surface area contributed by atoms with Crippen molar-refractivity contribution in [2.45, 2.75) is 32.9 Å². The summed E-state index contributed by atoms with van der Waals surface area (Å²) in [5.41, 5.74) is 2.56. The van der Waals surface area contributed by atoms with Crippen molar-refractivity contribution >= 4 is 23.2 Å². The summed E-state index contributed by atoms with van der Waals surface area (Å²) in [5, 5.41) is 4.77. The smallest absolute Gasteiger partial charge is 0.225 e. The maximum atomic E-state index is 13.1. The van der Waals surface area contributed by atoms with Gasteiger partial charge in [-0.2, -0.15) is 0 Å². The van der Waals surface area contributed by atoms with Gasteiger partial charge in [0.15, 0.2) is 6.10 Å². The van der Waals surface area contributed by atoms with Crippen molar-refractivity contribution in [3.8, 4) is 0 Å². The predicted octanol–water partition coefficient (Wildman–Crippen LogP) is 4.66. The Bertz CT molecular complexity index is 836. The van der Waals surface area contributed by atoms with Gasteiger partial charge in [0, 0.05) is 23.9 Å². The van der Waals surface area contributed by atoms with Crippen molar-refractivity contribution in [1.82, 2.24) is 4.90 Å². The Hall–Kier alpha value is -2.40. The summed E-state index contributed by atoms with van der Waals surface area (Å²) in [6, 6.07) is 13.7. The van der Waals surface area contributed by atoms with E-state index in [1.165, 1.54) is 12.1 Å². The molecule has 1 atom stereocenters. The van der Waals surface area contributed by atoms with Gasteiger partial charge in [0.05, 0.1) is 12.3 Å². The third-order valence-corrected chi connectivity index (χ3v) is 4.64. The molecular weight excluding hydrogens is 367 g/mol. The molecule has 0 fully saturated rings. The molecular formula is C21H22ClFN2O2. The van der Waals surface area contributed by atoms with E-state index in [0.717, 1.165) is 16.8 Å². The van der Waals surface area contributed by atoms with Gasteiger partial charge in [-0.3, -0.25) is 4.79 Å². The number of carbonyl (C=O) groups excluding carboxylic acids is 1. The van der Waals surface area contributed by atoms with Gasteiger partial charge < -0.3 is 9.74 Å². The second kappa shape index (κ2) is 8.53. The zero-order valence-electron chi connectivity index (χ0n) is 15.4. The van der Waals surface area contributed by atoms with Crippen LogP contribution in [0.3, 0.4) is 0 Å². The fourth-order valence-corrected chi connectivity index (χ4v) is 3.25. The normalized spacial score (nSPS) is 16.2. The number of nitrogens with zero attached hydrogens (tertiary/aromatic N) is 2. The minimum absolute atomic E-state index is 0.0498. The van der Waals surface area contributed by atoms with Gasteiger partial charge in [-0.1, -0.05) is 54.9 Å². The van der Waals surface area contributed by atoms with Gasteiger partial charge in [0.25, 0.3) is 0 Å². The molecule has 0 aliphatic carbocycles. The number of hydrogen-bond acceptors (Lipinski definition) is 3. The van der Waals surface area contributed by atoms with Crippen LogP contribution in [0, 0.1) is 11.7 Å². The van der Waals surface area contributed by atoms with Crippen molar-refractivity contribution in [3.05, 3.63) is 70.5 Å². The topological polar surface area (TPSA) is 41.9 Å². The number of hydrogen-bond donors (Lipinski definition) is 0. The van der Waals surface area contributed by atoms with E-state index in [4.69, 9.17) is 16.4 Å². The molecule has 0 radical (unpaired) electrons. The molecule has 6 heteroatoms. The first-order chi connectivity index (χ1) is 12.9. The number of amides is 1.